The summed E-state index contributed by atoms with van der Waals surface area (Å²) in [6.45, 7) is 3.12. The first-order valence-corrected chi connectivity index (χ1v) is 6.64. The van der Waals surface area contributed by atoms with Crippen LogP contribution in [-0.2, 0) is 9.53 Å². The second kappa shape index (κ2) is 7.30. The van der Waals surface area contributed by atoms with Gasteiger partial charge in [0, 0.05) is 20.7 Å². The van der Waals surface area contributed by atoms with Crippen molar-refractivity contribution in [3.8, 4) is 0 Å². The van der Waals surface area contributed by atoms with Crippen LogP contribution in [0.3, 0.4) is 0 Å². The van der Waals surface area contributed by atoms with Gasteiger partial charge in [-0.15, -0.1) is 0 Å². The number of nitrogens with zero attached hydrogens (tertiary/aromatic N) is 2. The van der Waals surface area contributed by atoms with Crippen LogP contribution < -0.4 is 16.0 Å². The number of aromatic nitrogens is 1. The van der Waals surface area contributed by atoms with E-state index in [1.165, 1.54) is 0 Å². The molecule has 0 fully saturated rings. The first kappa shape index (κ1) is 15.7. The van der Waals surface area contributed by atoms with Crippen molar-refractivity contribution in [3.63, 3.8) is 0 Å². The average molecular weight is 331 g/mol. The van der Waals surface area contributed by atoms with Gasteiger partial charge in [0.05, 0.1) is 29.5 Å². The molecule has 0 aliphatic rings. The maximum absolute atomic E-state index is 11.7. The van der Waals surface area contributed by atoms with E-state index in [-0.39, 0.29) is 12.5 Å². The zero-order valence-electron chi connectivity index (χ0n) is 11.4. The lowest BCUT2D eigenvalue weighted by molar-refractivity contribution is -0.119. The Morgan fingerprint density at radius 1 is 1.63 bits per heavy atom. The van der Waals surface area contributed by atoms with E-state index in [1.807, 2.05) is 6.92 Å². The van der Waals surface area contributed by atoms with Crippen LogP contribution in [-0.4, -0.2) is 44.7 Å². The van der Waals surface area contributed by atoms with Crippen LogP contribution in [0, 0.1) is 6.92 Å². The van der Waals surface area contributed by atoms with Gasteiger partial charge in [0.15, 0.2) is 0 Å². The quantitative estimate of drug-likeness (QED) is 0.758. The minimum absolute atomic E-state index is 0.0808. The molecule has 0 saturated carbocycles. The summed E-state index contributed by atoms with van der Waals surface area (Å²) >= 11 is 3.45. The number of amides is 1. The number of nitrogens with two attached hydrogens (primary N) is 1. The number of likely N-dealkylation sites (N-methyl/N-ethyl adjacent to an activating group) is 1. The van der Waals surface area contributed by atoms with Crippen molar-refractivity contribution >= 4 is 33.3 Å². The van der Waals surface area contributed by atoms with E-state index in [0.29, 0.717) is 24.7 Å². The molecule has 1 aromatic heterocycles. The fourth-order valence-electron chi connectivity index (χ4n) is 1.48. The van der Waals surface area contributed by atoms with Gasteiger partial charge in [-0.3, -0.25) is 4.79 Å². The summed E-state index contributed by atoms with van der Waals surface area (Å²) in [7, 11) is 3.40. The molecular formula is C12H19BrN4O2. The number of halogens is 1. The number of methoxy groups -OCH3 is 1. The average Bonchev–Trinajstić information content (AvgIpc) is 2.36. The summed E-state index contributed by atoms with van der Waals surface area (Å²) in [5.41, 5.74) is 7.30. The molecule has 19 heavy (non-hydrogen) atoms. The van der Waals surface area contributed by atoms with E-state index in [0.717, 1.165) is 10.0 Å². The zero-order valence-corrected chi connectivity index (χ0v) is 13.0. The number of hydrogen-bond donors (Lipinski definition) is 2. The lowest BCUT2D eigenvalue weighted by atomic mass is 10.2. The Bertz CT molecular complexity index is 454. The van der Waals surface area contributed by atoms with Crippen molar-refractivity contribution in [2.45, 2.75) is 6.92 Å². The van der Waals surface area contributed by atoms with Gasteiger partial charge < -0.3 is 20.7 Å². The summed E-state index contributed by atoms with van der Waals surface area (Å²) in [6.07, 6.45) is 1.59. The Kier molecular flexibility index (Phi) is 6.04. The molecule has 0 unspecified atom stereocenters. The van der Waals surface area contributed by atoms with E-state index < -0.39 is 0 Å². The smallest absolute Gasteiger partial charge is 0.239 e. The van der Waals surface area contributed by atoms with Gasteiger partial charge in [0.2, 0.25) is 5.91 Å². The molecule has 0 aromatic carbocycles. The van der Waals surface area contributed by atoms with Gasteiger partial charge in [-0.25, -0.2) is 4.98 Å². The first-order valence-electron chi connectivity index (χ1n) is 5.84. The Hall–Kier alpha value is -1.34. The van der Waals surface area contributed by atoms with Crippen molar-refractivity contribution in [1.82, 2.24) is 10.3 Å². The van der Waals surface area contributed by atoms with Gasteiger partial charge in [0.25, 0.3) is 0 Å². The zero-order chi connectivity index (χ0) is 14.4. The first-order chi connectivity index (χ1) is 8.97. The summed E-state index contributed by atoms with van der Waals surface area (Å²) in [4.78, 5) is 17.7. The summed E-state index contributed by atoms with van der Waals surface area (Å²) in [5, 5.41) is 2.76. The summed E-state index contributed by atoms with van der Waals surface area (Å²) in [6, 6.07) is 0. The Labute approximate surface area is 121 Å². The fraction of sp³-hybridized carbons (Fsp3) is 0.500. The van der Waals surface area contributed by atoms with Gasteiger partial charge in [-0.1, -0.05) is 0 Å². The third-order valence-electron chi connectivity index (χ3n) is 2.66. The molecule has 6 nitrogen and oxygen atoms in total. The van der Waals surface area contributed by atoms with E-state index in [2.05, 4.69) is 26.2 Å². The Morgan fingerprint density at radius 3 is 2.95 bits per heavy atom. The molecule has 1 aromatic rings. The molecule has 0 bridgehead atoms. The monoisotopic (exact) mass is 330 g/mol. The lowest BCUT2D eigenvalue weighted by Crippen LogP contribution is -2.37. The van der Waals surface area contributed by atoms with Crippen LogP contribution >= 0.6 is 15.9 Å². The van der Waals surface area contributed by atoms with Crippen LogP contribution in [0.4, 0.5) is 11.5 Å². The second-order valence-electron chi connectivity index (χ2n) is 4.17. The molecule has 0 spiro atoms. The largest absolute Gasteiger partial charge is 0.397 e. The van der Waals surface area contributed by atoms with Gasteiger partial charge in [-0.05, 0) is 28.4 Å². The van der Waals surface area contributed by atoms with Crippen molar-refractivity contribution in [1.29, 1.82) is 0 Å². The topological polar surface area (TPSA) is 80.5 Å². The molecule has 106 valence electrons. The maximum Gasteiger partial charge on any atom is 0.239 e. The van der Waals surface area contributed by atoms with Crippen molar-refractivity contribution in [3.05, 3.63) is 16.2 Å². The molecule has 3 N–H and O–H groups in total. The number of pyridine rings is 1. The maximum atomic E-state index is 11.7. The molecule has 0 radical (unpaired) electrons. The second-order valence-corrected chi connectivity index (χ2v) is 4.97. The number of nitrogen functional groups attached to an aromatic ring is 1. The van der Waals surface area contributed by atoms with Gasteiger partial charge in [0.1, 0.15) is 5.82 Å². The number of carbonyl (C=O) groups is 1. The number of anilines is 2. The highest BCUT2D eigenvalue weighted by Gasteiger charge is 2.14. The SMILES string of the molecule is COCCNC(=O)CN(C)c1ncc(N)c(C)c1Br. The number of rotatable bonds is 6. The minimum atomic E-state index is -0.0808. The number of ether oxygens (including phenoxy) is 1. The van der Waals surface area contributed by atoms with Crippen LogP contribution in [0.2, 0.25) is 0 Å². The highest BCUT2D eigenvalue weighted by Crippen LogP contribution is 2.29. The van der Waals surface area contributed by atoms with Crippen molar-refractivity contribution in [2.24, 2.45) is 0 Å². The summed E-state index contributed by atoms with van der Waals surface area (Å²) < 4.78 is 5.67. The van der Waals surface area contributed by atoms with Gasteiger partial charge >= 0.3 is 0 Å². The highest BCUT2D eigenvalue weighted by atomic mass is 79.9. The Balaban J connectivity index is 2.65. The third kappa shape index (κ3) is 4.36. The summed E-state index contributed by atoms with van der Waals surface area (Å²) in [5.74, 6) is 0.608. The van der Waals surface area contributed by atoms with Crippen molar-refractivity contribution < 1.29 is 9.53 Å². The predicted molar refractivity (Wildman–Crippen MR) is 79.2 cm³/mol. The molecule has 0 aliphatic carbocycles. The van der Waals surface area contributed by atoms with E-state index in [1.54, 1.807) is 25.3 Å². The molecule has 0 aliphatic heterocycles. The number of carbonyl (C=O) groups excluding carboxylic acids is 1. The number of nitrogens with one attached hydrogen (secondary N) is 1. The van der Waals surface area contributed by atoms with Crippen LogP contribution in [0.5, 0.6) is 0 Å². The molecule has 1 heterocycles. The lowest BCUT2D eigenvalue weighted by Gasteiger charge is -2.20. The van der Waals surface area contributed by atoms with Crippen molar-refractivity contribution in [2.75, 3.05) is 44.5 Å². The standard InChI is InChI=1S/C12H19BrN4O2/c1-8-9(14)6-16-12(11(8)13)17(2)7-10(18)15-4-5-19-3/h6H,4-5,7,14H2,1-3H3,(H,15,18). The van der Waals surface area contributed by atoms with E-state index >= 15 is 0 Å². The fourth-order valence-corrected chi connectivity index (χ4v) is 2.12. The third-order valence-corrected chi connectivity index (χ3v) is 3.60. The van der Waals surface area contributed by atoms with Crippen LogP contribution in [0.1, 0.15) is 5.56 Å². The molecule has 1 amide bonds. The van der Waals surface area contributed by atoms with E-state index in [9.17, 15) is 4.79 Å². The number of hydrogen-bond acceptors (Lipinski definition) is 5. The van der Waals surface area contributed by atoms with Crippen LogP contribution in [0.15, 0.2) is 10.7 Å². The molecule has 1 rings (SSSR count). The molecule has 0 atom stereocenters. The van der Waals surface area contributed by atoms with Gasteiger partial charge in [-0.2, -0.15) is 0 Å². The van der Waals surface area contributed by atoms with E-state index in [4.69, 9.17) is 10.5 Å². The minimum Gasteiger partial charge on any atom is -0.397 e. The normalized spacial score (nSPS) is 10.3. The predicted octanol–water partition coefficient (Wildman–Crippen LogP) is 0.934. The highest BCUT2D eigenvalue weighted by molar-refractivity contribution is 9.10. The molecule has 0 saturated heterocycles. The Morgan fingerprint density at radius 2 is 2.32 bits per heavy atom. The molecule has 7 heteroatoms. The molecular weight excluding hydrogens is 312 g/mol. The van der Waals surface area contributed by atoms with Crippen LogP contribution in [0.25, 0.3) is 0 Å².